The van der Waals surface area contributed by atoms with Gasteiger partial charge in [-0.3, -0.25) is 14.0 Å². The fourth-order valence-corrected chi connectivity index (χ4v) is 4.72. The zero-order valence-corrected chi connectivity index (χ0v) is 17.5. The van der Waals surface area contributed by atoms with Gasteiger partial charge in [-0.15, -0.1) is 0 Å². The van der Waals surface area contributed by atoms with Crippen molar-refractivity contribution in [2.24, 2.45) is 5.92 Å². The summed E-state index contributed by atoms with van der Waals surface area (Å²) in [7, 11) is 0. The van der Waals surface area contributed by atoms with Gasteiger partial charge in [0.05, 0.1) is 22.6 Å². The van der Waals surface area contributed by atoms with Gasteiger partial charge in [-0.05, 0) is 48.9 Å². The number of benzene rings is 1. The predicted octanol–water partition coefficient (Wildman–Crippen LogP) is 3.37. The molecule has 160 valence electrons. The number of piperidine rings is 1. The van der Waals surface area contributed by atoms with Gasteiger partial charge in [0, 0.05) is 24.8 Å². The number of aliphatic hydroxyl groups excluding tert-OH is 1. The van der Waals surface area contributed by atoms with Crippen LogP contribution < -0.4 is 4.90 Å². The van der Waals surface area contributed by atoms with Crippen LogP contribution in [0.2, 0.25) is 5.02 Å². The molecule has 1 unspecified atom stereocenters. The van der Waals surface area contributed by atoms with Gasteiger partial charge >= 0.3 is 5.97 Å². The molecular formula is C23H22ClN3O4. The predicted molar refractivity (Wildman–Crippen MR) is 116 cm³/mol. The van der Waals surface area contributed by atoms with Crippen LogP contribution in [0.4, 0.5) is 5.82 Å². The molecule has 2 atom stereocenters. The number of ketones is 1. The molecule has 2 fully saturated rings. The van der Waals surface area contributed by atoms with E-state index in [2.05, 4.69) is 4.98 Å². The summed E-state index contributed by atoms with van der Waals surface area (Å²) in [6.45, 7) is 0.578. The van der Waals surface area contributed by atoms with E-state index in [0.717, 1.165) is 23.9 Å². The molecule has 3 aromatic rings. The Bertz CT molecular complexity index is 1190. The minimum Gasteiger partial charge on any atom is -0.481 e. The number of nitrogens with zero attached hydrogens (tertiary/aromatic N) is 3. The van der Waals surface area contributed by atoms with E-state index < -0.39 is 18.0 Å². The Balaban J connectivity index is 1.57. The lowest BCUT2D eigenvalue weighted by Crippen LogP contribution is -2.46. The molecule has 1 saturated carbocycles. The van der Waals surface area contributed by atoms with Crippen molar-refractivity contribution in [3.63, 3.8) is 0 Å². The van der Waals surface area contributed by atoms with E-state index in [4.69, 9.17) is 11.6 Å². The number of carbonyl (C=O) groups excluding carboxylic acids is 1. The highest BCUT2D eigenvalue weighted by Crippen LogP contribution is 2.43. The lowest BCUT2D eigenvalue weighted by molar-refractivity contribution is -0.146. The van der Waals surface area contributed by atoms with Crippen LogP contribution in [-0.4, -0.2) is 50.5 Å². The molecule has 7 nitrogen and oxygen atoms in total. The lowest BCUT2D eigenvalue weighted by atomic mass is 9.94. The van der Waals surface area contributed by atoms with Crippen LogP contribution in [0.3, 0.4) is 0 Å². The van der Waals surface area contributed by atoms with Crippen molar-refractivity contribution in [2.45, 2.75) is 31.3 Å². The number of carboxylic acids is 1. The van der Waals surface area contributed by atoms with Gasteiger partial charge in [-0.2, -0.15) is 0 Å². The van der Waals surface area contributed by atoms with Gasteiger partial charge in [-0.1, -0.05) is 29.8 Å². The molecule has 8 heteroatoms. The highest BCUT2D eigenvalue weighted by atomic mass is 35.5. The number of aliphatic hydroxyl groups is 1. The van der Waals surface area contributed by atoms with Gasteiger partial charge in [-0.25, -0.2) is 4.98 Å². The maximum atomic E-state index is 13.6. The second kappa shape index (κ2) is 7.66. The highest BCUT2D eigenvalue weighted by Gasteiger charge is 2.36. The van der Waals surface area contributed by atoms with Gasteiger partial charge in [0.1, 0.15) is 0 Å². The molecule has 2 aromatic heterocycles. The molecule has 5 rings (SSSR count). The molecule has 1 aromatic carbocycles. The number of imidazole rings is 1. The molecule has 3 heterocycles. The first-order chi connectivity index (χ1) is 15.0. The summed E-state index contributed by atoms with van der Waals surface area (Å²) in [6, 6.07) is 11.1. The minimum absolute atomic E-state index is 0.144. The Morgan fingerprint density at radius 1 is 1.10 bits per heavy atom. The molecule has 2 aliphatic rings. The summed E-state index contributed by atoms with van der Waals surface area (Å²) in [6.07, 6.45) is 3.18. The molecule has 1 aliphatic carbocycles. The summed E-state index contributed by atoms with van der Waals surface area (Å²) in [5.41, 5.74) is 2.19. The molecule has 0 spiro atoms. The largest absolute Gasteiger partial charge is 0.481 e. The average molecular weight is 440 g/mol. The fraction of sp³-hybridized carbons (Fsp3) is 0.348. The van der Waals surface area contributed by atoms with Crippen LogP contribution in [-0.2, 0) is 4.79 Å². The zero-order valence-electron chi connectivity index (χ0n) is 16.7. The van der Waals surface area contributed by atoms with Crippen molar-refractivity contribution in [2.75, 3.05) is 18.0 Å². The summed E-state index contributed by atoms with van der Waals surface area (Å²) in [5, 5.41) is 20.0. The molecule has 0 amide bonds. The number of carbonyl (C=O) groups is 2. The summed E-state index contributed by atoms with van der Waals surface area (Å²) >= 11 is 6.46. The molecular weight excluding hydrogens is 418 g/mol. The van der Waals surface area contributed by atoms with E-state index in [1.165, 1.54) is 0 Å². The molecule has 0 bridgehead atoms. The van der Waals surface area contributed by atoms with Crippen LogP contribution in [0.25, 0.3) is 5.52 Å². The monoisotopic (exact) mass is 439 g/mol. The van der Waals surface area contributed by atoms with Crippen LogP contribution in [0.15, 0.2) is 42.6 Å². The van der Waals surface area contributed by atoms with E-state index in [0.29, 0.717) is 35.3 Å². The van der Waals surface area contributed by atoms with Gasteiger partial charge in [0.2, 0.25) is 5.78 Å². The Morgan fingerprint density at radius 2 is 1.90 bits per heavy atom. The number of β-amino-alcohol motifs (C(OH)–C–C–N with tert-alkyl or cyclic N) is 1. The van der Waals surface area contributed by atoms with Crippen molar-refractivity contribution in [3.05, 3.63) is 64.6 Å². The standard InChI is InChI=1S/C23H22ClN3O4/c24-16-5-3-4-14(13-7-8-13)19(16)20(29)22-25-21(17-6-1-2-10-27(17)22)26-11-9-15(23(30)31)18(28)12-26/h1-6,10,13,15,18,28H,7-9,11-12H2,(H,30,31)/t15?,18-/m1/s1. The number of hydrogen-bond donors (Lipinski definition) is 2. The van der Waals surface area contributed by atoms with Crippen LogP contribution in [0.5, 0.6) is 0 Å². The maximum absolute atomic E-state index is 13.6. The zero-order chi connectivity index (χ0) is 21.7. The van der Waals surface area contributed by atoms with E-state index in [-0.39, 0.29) is 18.2 Å². The highest BCUT2D eigenvalue weighted by molar-refractivity contribution is 6.35. The third kappa shape index (κ3) is 3.47. The fourth-order valence-electron chi connectivity index (χ4n) is 4.45. The van der Waals surface area contributed by atoms with Crippen molar-refractivity contribution >= 4 is 34.7 Å². The van der Waals surface area contributed by atoms with E-state index >= 15 is 0 Å². The summed E-state index contributed by atoms with van der Waals surface area (Å²) in [4.78, 5) is 31.5. The number of anilines is 1. The summed E-state index contributed by atoms with van der Waals surface area (Å²) in [5.74, 6) is -0.851. The second-order valence-electron chi connectivity index (χ2n) is 8.27. The molecule has 1 aliphatic heterocycles. The quantitative estimate of drug-likeness (QED) is 0.592. The lowest BCUT2D eigenvalue weighted by Gasteiger charge is -2.34. The minimum atomic E-state index is -1.00. The third-order valence-corrected chi connectivity index (χ3v) is 6.54. The molecule has 1 saturated heterocycles. The number of aliphatic carboxylic acids is 1. The van der Waals surface area contributed by atoms with E-state index in [1.807, 2.05) is 35.2 Å². The molecule has 0 radical (unpaired) electrons. The number of fused-ring (bicyclic) bond motifs is 1. The van der Waals surface area contributed by atoms with Gasteiger partial charge in [0.15, 0.2) is 11.6 Å². The topological polar surface area (TPSA) is 95.1 Å². The summed E-state index contributed by atoms with van der Waals surface area (Å²) < 4.78 is 1.74. The number of rotatable bonds is 5. The van der Waals surface area contributed by atoms with Crippen molar-refractivity contribution in [1.29, 1.82) is 0 Å². The third-order valence-electron chi connectivity index (χ3n) is 6.22. The number of pyridine rings is 1. The Kier molecular flexibility index (Phi) is 4.95. The number of halogens is 1. The van der Waals surface area contributed by atoms with E-state index in [9.17, 15) is 19.8 Å². The maximum Gasteiger partial charge on any atom is 0.309 e. The second-order valence-corrected chi connectivity index (χ2v) is 8.68. The Hall–Kier alpha value is -2.90. The SMILES string of the molecule is O=C(c1c(Cl)cccc1C1CC1)c1nc(N2CCC(C(=O)O)[C@H](O)C2)c2ccccn12. The Labute approximate surface area is 183 Å². The number of hydrogen-bond acceptors (Lipinski definition) is 5. The van der Waals surface area contributed by atoms with Gasteiger partial charge in [0.25, 0.3) is 0 Å². The van der Waals surface area contributed by atoms with Gasteiger partial charge < -0.3 is 15.1 Å². The van der Waals surface area contributed by atoms with Crippen molar-refractivity contribution in [3.8, 4) is 0 Å². The number of carboxylic acid groups (broad SMARTS) is 1. The molecule has 31 heavy (non-hydrogen) atoms. The first-order valence-corrected chi connectivity index (χ1v) is 10.8. The van der Waals surface area contributed by atoms with Crippen LogP contribution >= 0.6 is 11.6 Å². The first kappa shape index (κ1) is 20.0. The first-order valence-electron chi connectivity index (χ1n) is 10.4. The van der Waals surface area contributed by atoms with Crippen LogP contribution in [0, 0.1) is 5.92 Å². The Morgan fingerprint density at radius 3 is 2.61 bits per heavy atom. The number of aromatic nitrogens is 2. The van der Waals surface area contributed by atoms with Crippen molar-refractivity contribution in [1.82, 2.24) is 9.38 Å². The van der Waals surface area contributed by atoms with E-state index in [1.54, 1.807) is 16.7 Å². The van der Waals surface area contributed by atoms with Crippen molar-refractivity contribution < 1.29 is 19.8 Å². The average Bonchev–Trinajstić information content (AvgIpc) is 3.53. The smallest absolute Gasteiger partial charge is 0.309 e. The normalized spacial score (nSPS) is 21.4. The van der Waals surface area contributed by atoms with Crippen LogP contribution in [0.1, 0.15) is 46.9 Å². The molecule has 2 N–H and O–H groups in total.